The van der Waals surface area contributed by atoms with Crippen molar-refractivity contribution >= 4 is 53.9 Å². The van der Waals surface area contributed by atoms with Crippen LogP contribution in [0.2, 0.25) is 0 Å². The Bertz CT molecular complexity index is 3310. The Morgan fingerprint density at radius 3 is 0.964 bits per heavy atom. The molecule has 0 saturated carbocycles. The molecule has 0 radical (unpaired) electrons. The van der Waals surface area contributed by atoms with Gasteiger partial charge in [-0.15, -0.1) is 0 Å². The van der Waals surface area contributed by atoms with Crippen LogP contribution in [0.4, 0.5) is 0 Å². The third-order valence-corrected chi connectivity index (χ3v) is 11.6. The lowest BCUT2D eigenvalue weighted by Crippen LogP contribution is -1.93. The van der Waals surface area contributed by atoms with Gasteiger partial charge in [0.2, 0.25) is 0 Å². The van der Waals surface area contributed by atoms with Gasteiger partial charge in [-0.1, -0.05) is 188 Å². The van der Waals surface area contributed by atoms with Crippen molar-refractivity contribution in [1.82, 2.24) is 0 Å². The summed E-state index contributed by atoms with van der Waals surface area (Å²) < 4.78 is 0. The highest BCUT2D eigenvalue weighted by molar-refractivity contribution is 6.14. The third kappa shape index (κ3) is 5.54. The normalized spacial score (nSPS) is 11.6. The van der Waals surface area contributed by atoms with Gasteiger partial charge in [-0.2, -0.15) is 0 Å². The lowest BCUT2D eigenvalue weighted by Gasteiger charge is -2.20. The summed E-state index contributed by atoms with van der Waals surface area (Å²) in [5, 5.41) is 12.4. The predicted octanol–water partition coefficient (Wildman–Crippen LogP) is 15.8. The summed E-state index contributed by atoms with van der Waals surface area (Å²) in [6.07, 6.45) is 0. The van der Waals surface area contributed by atoms with Gasteiger partial charge >= 0.3 is 0 Å². The van der Waals surface area contributed by atoms with Gasteiger partial charge in [-0.05, 0) is 140 Å². The highest BCUT2D eigenvalue weighted by Gasteiger charge is 2.19. The Labute approximate surface area is 326 Å². The highest BCUT2D eigenvalue weighted by atomic mass is 14.2. The number of hydrogen-bond acceptors (Lipinski definition) is 0. The minimum Gasteiger partial charge on any atom is -0.0616 e. The molecule has 0 heteroatoms. The molecule has 56 heavy (non-hydrogen) atoms. The third-order valence-electron chi connectivity index (χ3n) is 11.6. The molecule has 11 rings (SSSR count). The lowest BCUT2D eigenvalue weighted by atomic mass is 9.83. The second kappa shape index (κ2) is 13.2. The van der Waals surface area contributed by atoms with E-state index in [1.54, 1.807) is 0 Å². The van der Waals surface area contributed by atoms with E-state index in [0.717, 1.165) is 0 Å². The predicted molar refractivity (Wildman–Crippen MR) is 241 cm³/mol. The van der Waals surface area contributed by atoms with Crippen molar-refractivity contribution in [3.8, 4) is 55.6 Å². The smallest absolute Gasteiger partial charge is 0.00264 e. The zero-order valence-corrected chi connectivity index (χ0v) is 30.8. The molecule has 0 N–H and O–H groups in total. The van der Waals surface area contributed by atoms with E-state index in [1.165, 1.54) is 109 Å². The number of hydrogen-bond donors (Lipinski definition) is 0. The average Bonchev–Trinajstić information content (AvgIpc) is 3.27. The summed E-state index contributed by atoms with van der Waals surface area (Å²) in [6, 6.07) is 80.7. The highest BCUT2D eigenvalue weighted by Crippen LogP contribution is 2.46. The van der Waals surface area contributed by atoms with Gasteiger partial charge in [0, 0.05) is 0 Å². The Balaban J connectivity index is 1.19. The van der Waals surface area contributed by atoms with E-state index in [0.29, 0.717) is 0 Å². The number of rotatable bonds is 5. The Hall–Kier alpha value is -7.28. The first-order valence-electron chi connectivity index (χ1n) is 19.4. The van der Waals surface area contributed by atoms with Crippen LogP contribution >= 0.6 is 0 Å². The molecule has 0 unspecified atom stereocenters. The van der Waals surface area contributed by atoms with Gasteiger partial charge in [-0.3, -0.25) is 0 Å². The topological polar surface area (TPSA) is 0 Å². The first kappa shape index (κ1) is 32.2. The summed E-state index contributed by atoms with van der Waals surface area (Å²) in [4.78, 5) is 0. The molecule has 0 aromatic heterocycles. The molecule has 0 bridgehead atoms. The summed E-state index contributed by atoms with van der Waals surface area (Å²) in [5.74, 6) is 0. The maximum atomic E-state index is 2.37. The number of benzene rings is 11. The average molecular weight is 709 g/mol. The summed E-state index contributed by atoms with van der Waals surface area (Å²) >= 11 is 0. The van der Waals surface area contributed by atoms with E-state index in [1.807, 2.05) is 0 Å². The zero-order valence-electron chi connectivity index (χ0n) is 30.8. The fourth-order valence-corrected chi connectivity index (χ4v) is 8.79. The van der Waals surface area contributed by atoms with Gasteiger partial charge in [0.25, 0.3) is 0 Å². The second-order valence-corrected chi connectivity index (χ2v) is 14.9. The first-order chi connectivity index (χ1) is 27.7. The molecule has 11 aromatic carbocycles. The van der Waals surface area contributed by atoms with E-state index < -0.39 is 0 Å². The molecule has 0 aliphatic carbocycles. The molecule has 0 heterocycles. The molecule has 0 spiro atoms. The lowest BCUT2D eigenvalue weighted by molar-refractivity contribution is 1.59. The monoisotopic (exact) mass is 708 g/mol. The minimum absolute atomic E-state index is 1.20. The maximum absolute atomic E-state index is 2.37. The van der Waals surface area contributed by atoms with Crippen LogP contribution in [0.15, 0.2) is 218 Å². The van der Waals surface area contributed by atoms with E-state index >= 15 is 0 Å². The van der Waals surface area contributed by atoms with Gasteiger partial charge in [0.1, 0.15) is 0 Å². The van der Waals surface area contributed by atoms with Crippen molar-refractivity contribution in [3.05, 3.63) is 218 Å². The quantitative estimate of drug-likeness (QED) is 0.167. The van der Waals surface area contributed by atoms with Crippen molar-refractivity contribution in [2.45, 2.75) is 0 Å². The molecule has 0 saturated heterocycles. The fourth-order valence-electron chi connectivity index (χ4n) is 8.79. The van der Waals surface area contributed by atoms with Crippen LogP contribution in [0, 0.1) is 0 Å². The van der Waals surface area contributed by atoms with E-state index in [-0.39, 0.29) is 0 Å². The standard InChI is InChI=1S/C56H36/c1-5-14-41-32-46(24-20-37(41)10-1)45-18-9-19-47(34-45)51-28-30-54-53(55(51)49-26-22-39-12-3-7-16-43(39)35-49)31-29-52(48-25-21-38-11-2-6-15-42(38)33-48)56(54)50-27-23-40-13-4-8-17-44(40)36-50/h1-36H. The number of fused-ring (bicyclic) bond motifs is 5. The van der Waals surface area contributed by atoms with Crippen LogP contribution in [0.1, 0.15) is 0 Å². The molecule has 0 aliphatic heterocycles. The van der Waals surface area contributed by atoms with Gasteiger partial charge in [0.05, 0.1) is 0 Å². The van der Waals surface area contributed by atoms with E-state index in [4.69, 9.17) is 0 Å². The van der Waals surface area contributed by atoms with Crippen molar-refractivity contribution in [1.29, 1.82) is 0 Å². The second-order valence-electron chi connectivity index (χ2n) is 14.9. The molecule has 260 valence electrons. The minimum atomic E-state index is 1.20. The van der Waals surface area contributed by atoms with Crippen molar-refractivity contribution in [2.24, 2.45) is 0 Å². The fraction of sp³-hybridized carbons (Fsp3) is 0. The largest absolute Gasteiger partial charge is 0.0616 e. The molecule has 0 amide bonds. The van der Waals surface area contributed by atoms with Crippen molar-refractivity contribution < 1.29 is 0 Å². The summed E-state index contributed by atoms with van der Waals surface area (Å²) in [5.41, 5.74) is 12.2. The Kier molecular flexibility index (Phi) is 7.60. The molecule has 0 atom stereocenters. The Morgan fingerprint density at radius 2 is 0.500 bits per heavy atom. The van der Waals surface area contributed by atoms with Gasteiger partial charge in [-0.25, -0.2) is 0 Å². The first-order valence-corrected chi connectivity index (χ1v) is 19.4. The zero-order chi connectivity index (χ0) is 37.0. The van der Waals surface area contributed by atoms with Gasteiger partial charge < -0.3 is 0 Å². The van der Waals surface area contributed by atoms with E-state index in [2.05, 4.69) is 218 Å². The summed E-state index contributed by atoms with van der Waals surface area (Å²) in [6.45, 7) is 0. The van der Waals surface area contributed by atoms with E-state index in [9.17, 15) is 0 Å². The Morgan fingerprint density at radius 1 is 0.179 bits per heavy atom. The van der Waals surface area contributed by atoms with Crippen LogP contribution in [0.25, 0.3) is 109 Å². The SMILES string of the molecule is c1cc(-c2ccc3ccccc3c2)cc(-c2ccc3c(-c4ccc5ccccc5c4)c(-c4ccc5ccccc5c4)ccc3c2-c2ccc3ccccc3c2)c1. The molecule has 11 aromatic rings. The van der Waals surface area contributed by atoms with Crippen LogP contribution in [-0.4, -0.2) is 0 Å². The molecule has 0 nitrogen and oxygen atoms in total. The van der Waals surface area contributed by atoms with Crippen LogP contribution in [0.5, 0.6) is 0 Å². The molecule has 0 fully saturated rings. The van der Waals surface area contributed by atoms with Crippen LogP contribution < -0.4 is 0 Å². The van der Waals surface area contributed by atoms with Crippen molar-refractivity contribution in [2.75, 3.05) is 0 Å². The van der Waals surface area contributed by atoms with Crippen LogP contribution in [0.3, 0.4) is 0 Å². The molecule has 0 aliphatic rings. The van der Waals surface area contributed by atoms with Crippen molar-refractivity contribution in [3.63, 3.8) is 0 Å². The molecular formula is C56H36. The molecular weight excluding hydrogens is 673 g/mol. The maximum Gasteiger partial charge on any atom is -0.00264 e. The summed E-state index contributed by atoms with van der Waals surface area (Å²) in [7, 11) is 0. The van der Waals surface area contributed by atoms with Gasteiger partial charge in [0.15, 0.2) is 0 Å². The van der Waals surface area contributed by atoms with Crippen LogP contribution in [-0.2, 0) is 0 Å².